The quantitative estimate of drug-likeness (QED) is 0.451. The van der Waals surface area contributed by atoms with Gasteiger partial charge in [-0.15, -0.1) is 0 Å². The van der Waals surface area contributed by atoms with Crippen molar-refractivity contribution in [2.75, 3.05) is 51.2 Å². The molecule has 0 bridgehead atoms. The average molecular weight is 584 g/mol. The second-order valence-electron chi connectivity index (χ2n) is 10.5. The monoisotopic (exact) mass is 583 g/mol. The highest BCUT2D eigenvalue weighted by Gasteiger charge is 2.32. The Morgan fingerprint density at radius 1 is 1.07 bits per heavy atom. The van der Waals surface area contributed by atoms with Crippen molar-refractivity contribution in [1.82, 2.24) is 10.2 Å². The Kier molecular flexibility index (Phi) is 10.1. The highest BCUT2D eigenvalue weighted by Crippen LogP contribution is 2.50. The molecule has 1 heterocycles. The Morgan fingerprint density at radius 3 is 2.39 bits per heavy atom. The number of carbonyl (C=O) groups is 2. The van der Waals surface area contributed by atoms with Crippen LogP contribution in [-0.4, -0.2) is 68.7 Å². The summed E-state index contributed by atoms with van der Waals surface area (Å²) in [7, 11) is 4.71. The van der Waals surface area contributed by atoms with Crippen LogP contribution in [0.5, 0.6) is 17.2 Å². The molecular weight excluding hydrogens is 542 g/mol. The van der Waals surface area contributed by atoms with Crippen LogP contribution in [0.1, 0.15) is 50.8 Å². The van der Waals surface area contributed by atoms with Crippen LogP contribution in [-0.2, 0) is 16.0 Å². The number of thioether (sulfide) groups is 1. The molecule has 2 aromatic carbocycles. The summed E-state index contributed by atoms with van der Waals surface area (Å²) in [6, 6.07) is 6.20. The van der Waals surface area contributed by atoms with E-state index in [9.17, 15) is 14.4 Å². The number of aryl methyl sites for hydroxylation is 1. The Hall–Kier alpha value is -3.40. The van der Waals surface area contributed by atoms with Crippen LogP contribution in [0, 0.1) is 5.92 Å². The summed E-state index contributed by atoms with van der Waals surface area (Å²) in [5, 5.41) is 6.36. The summed E-state index contributed by atoms with van der Waals surface area (Å²) in [5.41, 5.74) is 3.26. The van der Waals surface area contributed by atoms with Crippen LogP contribution >= 0.6 is 11.8 Å². The molecule has 2 aliphatic rings. The fraction of sp³-hybridized carbons (Fsp3) is 0.516. The second kappa shape index (κ2) is 13.5. The maximum atomic E-state index is 13.8. The fourth-order valence-corrected chi connectivity index (χ4v) is 6.56. The van der Waals surface area contributed by atoms with E-state index in [-0.39, 0.29) is 23.2 Å². The number of amides is 2. The molecule has 0 aromatic heterocycles. The predicted octanol–water partition coefficient (Wildman–Crippen LogP) is 4.27. The van der Waals surface area contributed by atoms with Crippen LogP contribution in [0.15, 0.2) is 29.1 Å². The minimum atomic E-state index is -0.532. The fourth-order valence-electron chi connectivity index (χ4n) is 5.66. The molecule has 10 heteroatoms. The van der Waals surface area contributed by atoms with Crippen LogP contribution in [0.2, 0.25) is 0 Å². The number of rotatable bonds is 9. The average Bonchev–Trinajstić information content (AvgIpc) is 3.22. The van der Waals surface area contributed by atoms with Gasteiger partial charge in [-0.2, -0.15) is 11.8 Å². The Labute approximate surface area is 246 Å². The molecule has 0 radical (unpaired) electrons. The van der Waals surface area contributed by atoms with Crippen molar-refractivity contribution in [1.29, 1.82) is 0 Å². The molecule has 1 saturated heterocycles. The van der Waals surface area contributed by atoms with Gasteiger partial charge in [0.2, 0.25) is 23.0 Å². The van der Waals surface area contributed by atoms with E-state index >= 15 is 0 Å². The standard InChI is InChI=1S/C31H41N3O6S/c1-7-18(2)28(31(37)34-12-14-41-15-13-34)33-24-11-9-21-22(17-25(24)36)23(32-19(3)35)10-8-20-16-26(38-4)29(39-5)30(40-6)27(20)21/h9,11,16-18,23,28H,7-8,10,12-15H2,1-6H3,(H,32,35)(H,33,36)/t18-,23+,28-/m0/s1. The van der Waals surface area contributed by atoms with E-state index in [4.69, 9.17) is 14.2 Å². The summed E-state index contributed by atoms with van der Waals surface area (Å²) in [6.45, 7) is 6.97. The number of anilines is 1. The van der Waals surface area contributed by atoms with E-state index in [0.717, 1.165) is 34.6 Å². The third-order valence-electron chi connectivity index (χ3n) is 8.03. The van der Waals surface area contributed by atoms with Crippen molar-refractivity contribution in [3.8, 4) is 28.4 Å². The Morgan fingerprint density at radius 2 is 1.78 bits per heavy atom. The molecular formula is C31H41N3O6S. The van der Waals surface area contributed by atoms with Crippen molar-refractivity contribution in [2.24, 2.45) is 5.92 Å². The van der Waals surface area contributed by atoms with E-state index in [1.54, 1.807) is 33.5 Å². The molecule has 2 N–H and O–H groups in total. The number of nitrogens with one attached hydrogen (secondary N) is 2. The largest absolute Gasteiger partial charge is 0.493 e. The zero-order chi connectivity index (χ0) is 29.7. The number of hydrogen-bond donors (Lipinski definition) is 2. The predicted molar refractivity (Wildman–Crippen MR) is 163 cm³/mol. The van der Waals surface area contributed by atoms with Gasteiger partial charge in [0.05, 0.1) is 33.1 Å². The van der Waals surface area contributed by atoms with Gasteiger partial charge in [-0.25, -0.2) is 0 Å². The second-order valence-corrected chi connectivity index (χ2v) is 11.8. The SMILES string of the molecule is CC[C@H](C)[C@H](Nc1ccc2c(cc1=O)[C@H](NC(C)=O)CCc1cc(OC)c(OC)c(OC)c1-2)C(=O)N1CCSCC1. The third-order valence-corrected chi connectivity index (χ3v) is 8.97. The number of hydrogen-bond acceptors (Lipinski definition) is 8. The molecule has 4 rings (SSSR count). The molecule has 41 heavy (non-hydrogen) atoms. The van der Waals surface area contributed by atoms with Crippen molar-refractivity contribution in [2.45, 2.75) is 52.1 Å². The topological polar surface area (TPSA) is 106 Å². The summed E-state index contributed by atoms with van der Waals surface area (Å²) in [6.07, 6.45) is 1.98. The van der Waals surface area contributed by atoms with E-state index in [0.29, 0.717) is 54.4 Å². The molecule has 1 aliphatic heterocycles. The summed E-state index contributed by atoms with van der Waals surface area (Å²) >= 11 is 1.85. The molecule has 0 unspecified atom stereocenters. The lowest BCUT2D eigenvalue weighted by molar-refractivity contribution is -0.132. The van der Waals surface area contributed by atoms with Crippen molar-refractivity contribution in [3.63, 3.8) is 0 Å². The molecule has 1 aliphatic carbocycles. The highest BCUT2D eigenvalue weighted by molar-refractivity contribution is 7.99. The molecule has 1 fully saturated rings. The smallest absolute Gasteiger partial charge is 0.245 e. The van der Waals surface area contributed by atoms with Gasteiger partial charge < -0.3 is 29.7 Å². The van der Waals surface area contributed by atoms with Gasteiger partial charge in [-0.1, -0.05) is 26.3 Å². The van der Waals surface area contributed by atoms with E-state index in [1.165, 1.54) is 6.92 Å². The van der Waals surface area contributed by atoms with Crippen LogP contribution in [0.25, 0.3) is 11.1 Å². The third kappa shape index (κ3) is 6.42. The van der Waals surface area contributed by atoms with Crippen molar-refractivity contribution >= 4 is 29.3 Å². The number of methoxy groups -OCH3 is 3. The van der Waals surface area contributed by atoms with Gasteiger partial charge in [0, 0.05) is 37.1 Å². The first-order valence-corrected chi connectivity index (χ1v) is 15.3. The van der Waals surface area contributed by atoms with E-state index < -0.39 is 12.1 Å². The molecule has 222 valence electrons. The molecule has 3 atom stereocenters. The molecule has 2 amide bonds. The first kappa shape index (κ1) is 30.6. The van der Waals surface area contributed by atoms with E-state index in [2.05, 4.69) is 10.6 Å². The number of fused-ring (bicyclic) bond motifs is 3. The Bertz CT molecular complexity index is 1340. The number of nitrogens with zero attached hydrogens (tertiary/aromatic N) is 1. The lowest BCUT2D eigenvalue weighted by Crippen LogP contribution is -2.49. The summed E-state index contributed by atoms with van der Waals surface area (Å²) in [5.74, 6) is 3.17. The summed E-state index contributed by atoms with van der Waals surface area (Å²) < 4.78 is 17.1. The number of carbonyl (C=O) groups excluding carboxylic acids is 2. The normalized spacial score (nSPS) is 17.7. The summed E-state index contributed by atoms with van der Waals surface area (Å²) in [4.78, 5) is 41.5. The minimum Gasteiger partial charge on any atom is -0.493 e. The van der Waals surface area contributed by atoms with Gasteiger partial charge in [0.1, 0.15) is 6.04 Å². The first-order valence-electron chi connectivity index (χ1n) is 14.1. The maximum Gasteiger partial charge on any atom is 0.245 e. The van der Waals surface area contributed by atoms with Gasteiger partial charge in [0.15, 0.2) is 11.5 Å². The minimum absolute atomic E-state index is 0.0180. The highest BCUT2D eigenvalue weighted by atomic mass is 32.2. The number of ether oxygens (including phenoxy) is 3. The number of benzene rings is 1. The Balaban J connectivity index is 1.88. The van der Waals surface area contributed by atoms with Crippen molar-refractivity contribution in [3.05, 3.63) is 45.6 Å². The van der Waals surface area contributed by atoms with Gasteiger partial charge in [-0.05, 0) is 53.6 Å². The van der Waals surface area contributed by atoms with Crippen LogP contribution < -0.4 is 30.3 Å². The lowest BCUT2D eigenvalue weighted by atomic mass is 9.95. The maximum absolute atomic E-state index is 13.8. The van der Waals surface area contributed by atoms with Gasteiger partial charge in [0.25, 0.3) is 0 Å². The molecule has 2 aromatic rings. The van der Waals surface area contributed by atoms with E-state index in [1.807, 2.05) is 42.6 Å². The lowest BCUT2D eigenvalue weighted by Gasteiger charge is -2.33. The molecule has 0 saturated carbocycles. The van der Waals surface area contributed by atoms with Crippen LogP contribution in [0.4, 0.5) is 5.69 Å². The molecule has 0 spiro atoms. The van der Waals surface area contributed by atoms with Crippen molar-refractivity contribution < 1.29 is 23.8 Å². The first-order chi connectivity index (χ1) is 19.7. The zero-order valence-electron chi connectivity index (χ0n) is 24.8. The van der Waals surface area contributed by atoms with Gasteiger partial charge in [-0.3, -0.25) is 14.4 Å². The molecule has 9 nitrogen and oxygen atoms in total. The van der Waals surface area contributed by atoms with Gasteiger partial charge >= 0.3 is 0 Å². The van der Waals surface area contributed by atoms with Crippen LogP contribution in [0.3, 0.4) is 0 Å². The zero-order valence-corrected chi connectivity index (χ0v) is 25.6.